The summed E-state index contributed by atoms with van der Waals surface area (Å²) in [7, 11) is 1.66. The second-order valence-corrected chi connectivity index (χ2v) is 6.30. The molecule has 0 unspecified atom stereocenters. The second kappa shape index (κ2) is 8.13. The third-order valence-electron chi connectivity index (χ3n) is 4.22. The zero-order valence-electron chi connectivity index (χ0n) is 15.1. The number of likely N-dealkylation sites (N-methyl/N-ethyl adjacent to an activating group) is 1. The van der Waals surface area contributed by atoms with E-state index in [1.807, 2.05) is 30.5 Å². The summed E-state index contributed by atoms with van der Waals surface area (Å²) < 4.78 is 43.9. The Morgan fingerprint density at radius 2 is 1.79 bits per heavy atom. The molecule has 0 amide bonds. The molecule has 0 spiro atoms. The predicted molar refractivity (Wildman–Crippen MR) is 95.9 cm³/mol. The first-order chi connectivity index (χ1) is 13.4. The Morgan fingerprint density at radius 3 is 2.46 bits per heavy atom. The molecule has 0 atom stereocenters. The second-order valence-electron chi connectivity index (χ2n) is 6.30. The number of rotatable bonds is 6. The van der Waals surface area contributed by atoms with Crippen molar-refractivity contribution in [1.82, 2.24) is 15.1 Å². The van der Waals surface area contributed by atoms with Crippen LogP contribution in [-0.2, 0) is 19.0 Å². The molecule has 5 nitrogen and oxygen atoms in total. The van der Waals surface area contributed by atoms with Crippen molar-refractivity contribution in [3.8, 4) is 17.6 Å². The monoisotopic (exact) mass is 386 g/mol. The van der Waals surface area contributed by atoms with E-state index in [0.29, 0.717) is 31.2 Å². The Labute approximate surface area is 160 Å². The van der Waals surface area contributed by atoms with E-state index in [2.05, 4.69) is 10.2 Å². The van der Waals surface area contributed by atoms with Crippen molar-refractivity contribution in [3.05, 3.63) is 71.1 Å². The maximum absolute atomic E-state index is 12.7. The van der Waals surface area contributed by atoms with Crippen LogP contribution in [0, 0.1) is 11.5 Å². The van der Waals surface area contributed by atoms with Crippen molar-refractivity contribution in [2.24, 2.45) is 0 Å². The quantitative estimate of drug-likeness (QED) is 0.467. The minimum absolute atomic E-state index is 0.345. The summed E-state index contributed by atoms with van der Waals surface area (Å²) in [6.45, 7) is 0.464. The molecule has 0 aliphatic heterocycles. The lowest BCUT2D eigenvalue weighted by Crippen LogP contribution is -2.14. The Kier molecular flexibility index (Phi) is 5.64. The molecule has 2 aromatic carbocycles. The molecule has 1 aromatic heterocycles. The van der Waals surface area contributed by atoms with Crippen molar-refractivity contribution >= 4 is 0 Å². The Morgan fingerprint density at radius 1 is 1.07 bits per heavy atom. The highest BCUT2D eigenvalue weighted by atomic mass is 19.4. The lowest BCUT2D eigenvalue weighted by atomic mass is 9.99. The van der Waals surface area contributed by atoms with E-state index in [-0.39, 0.29) is 0 Å². The van der Waals surface area contributed by atoms with Crippen LogP contribution < -0.4 is 0 Å². The maximum atomic E-state index is 12.7. The summed E-state index contributed by atoms with van der Waals surface area (Å²) in [5.74, 6) is 0.763. The van der Waals surface area contributed by atoms with Crippen LogP contribution in [0.5, 0.6) is 0 Å². The molecule has 1 heterocycles. The zero-order chi connectivity index (χ0) is 20.1. The van der Waals surface area contributed by atoms with Gasteiger partial charge in [0.2, 0.25) is 11.8 Å². The Bertz CT molecular complexity index is 974. The van der Waals surface area contributed by atoms with Crippen LogP contribution in [0.25, 0.3) is 11.5 Å². The molecule has 0 aliphatic rings. The molecule has 28 heavy (non-hydrogen) atoms. The minimum atomic E-state index is -4.35. The largest absolute Gasteiger partial charge is 0.421 e. The number of aromatic nitrogens is 2. The van der Waals surface area contributed by atoms with Crippen molar-refractivity contribution in [3.63, 3.8) is 0 Å². The van der Waals surface area contributed by atoms with Gasteiger partial charge in [0.1, 0.15) is 0 Å². The highest BCUT2D eigenvalue weighted by Crippen LogP contribution is 2.30. The van der Waals surface area contributed by atoms with Gasteiger partial charge in [0, 0.05) is 25.6 Å². The molecule has 3 rings (SSSR count). The van der Waals surface area contributed by atoms with Gasteiger partial charge in [-0.3, -0.25) is 0 Å². The first kappa shape index (κ1) is 19.4. The van der Waals surface area contributed by atoms with Crippen LogP contribution >= 0.6 is 0 Å². The number of benzene rings is 2. The normalized spacial score (nSPS) is 11.2. The Balaban J connectivity index is 1.79. The molecule has 0 aliphatic carbocycles. The van der Waals surface area contributed by atoms with E-state index in [1.165, 1.54) is 17.0 Å². The van der Waals surface area contributed by atoms with Crippen LogP contribution in [0.1, 0.15) is 22.6 Å². The van der Waals surface area contributed by atoms with Gasteiger partial charge in [0.05, 0.1) is 5.56 Å². The van der Waals surface area contributed by atoms with Gasteiger partial charge in [-0.15, -0.1) is 10.2 Å². The number of hydrogen-bond donors (Lipinski definition) is 0. The summed E-state index contributed by atoms with van der Waals surface area (Å²) in [4.78, 5) is 1.46. The van der Waals surface area contributed by atoms with Gasteiger partial charge in [-0.1, -0.05) is 30.3 Å². The third-order valence-corrected chi connectivity index (χ3v) is 4.22. The molecule has 0 fully saturated rings. The molecular formula is C20H17F3N4O. The highest BCUT2D eigenvalue weighted by Gasteiger charge is 2.29. The number of nitriles is 1. The third kappa shape index (κ3) is 4.68. The van der Waals surface area contributed by atoms with Crippen LogP contribution in [0.4, 0.5) is 13.2 Å². The van der Waals surface area contributed by atoms with Crippen molar-refractivity contribution < 1.29 is 17.6 Å². The van der Waals surface area contributed by atoms with Crippen molar-refractivity contribution in [2.45, 2.75) is 19.0 Å². The van der Waals surface area contributed by atoms with Gasteiger partial charge in [0.25, 0.3) is 0 Å². The summed E-state index contributed by atoms with van der Waals surface area (Å²) >= 11 is 0. The maximum Gasteiger partial charge on any atom is 0.416 e. The van der Waals surface area contributed by atoms with Crippen LogP contribution in [0.3, 0.4) is 0 Å². The van der Waals surface area contributed by atoms with Crippen molar-refractivity contribution in [2.75, 3.05) is 13.6 Å². The fraction of sp³-hybridized carbons (Fsp3) is 0.250. The van der Waals surface area contributed by atoms with Crippen LogP contribution in [0.2, 0.25) is 0 Å². The lowest BCUT2D eigenvalue weighted by Gasteiger charge is -2.09. The highest BCUT2D eigenvalue weighted by molar-refractivity contribution is 5.59. The van der Waals surface area contributed by atoms with Crippen LogP contribution in [0.15, 0.2) is 52.9 Å². The SMILES string of the molecule is CN(C#N)CCc1nnc(-c2ccccc2Cc2ccc(C(F)(F)F)cc2)o1. The lowest BCUT2D eigenvalue weighted by molar-refractivity contribution is -0.137. The molecule has 0 bridgehead atoms. The molecule has 8 heteroatoms. The van der Waals surface area contributed by atoms with E-state index < -0.39 is 11.7 Å². The number of halogens is 3. The number of nitrogens with zero attached hydrogens (tertiary/aromatic N) is 4. The summed E-state index contributed by atoms with van der Waals surface area (Å²) in [5, 5.41) is 16.9. The first-order valence-corrected chi connectivity index (χ1v) is 8.54. The van der Waals surface area contributed by atoms with Crippen molar-refractivity contribution in [1.29, 1.82) is 5.26 Å². The molecule has 0 radical (unpaired) electrons. The standard InChI is InChI=1S/C20H17F3N4O/c1-27(13-24)11-10-18-25-26-19(28-18)17-5-3-2-4-15(17)12-14-6-8-16(9-7-14)20(21,22)23/h2-9H,10-12H2,1H3. The molecule has 0 saturated heterocycles. The molecule has 0 N–H and O–H groups in total. The molecule has 0 saturated carbocycles. The van der Waals surface area contributed by atoms with E-state index in [4.69, 9.17) is 9.68 Å². The van der Waals surface area contributed by atoms with Gasteiger partial charge in [-0.25, -0.2) is 0 Å². The van der Waals surface area contributed by atoms with E-state index >= 15 is 0 Å². The van der Waals surface area contributed by atoms with Gasteiger partial charge in [-0.2, -0.15) is 18.4 Å². The predicted octanol–water partition coefficient (Wildman–Crippen LogP) is 4.30. The molecule has 144 valence electrons. The van der Waals surface area contributed by atoms with Gasteiger partial charge >= 0.3 is 6.18 Å². The fourth-order valence-electron chi connectivity index (χ4n) is 2.69. The van der Waals surface area contributed by atoms with Gasteiger partial charge in [-0.05, 0) is 35.7 Å². The number of alkyl halides is 3. The average Bonchev–Trinajstić information content (AvgIpc) is 3.15. The average molecular weight is 386 g/mol. The smallest absolute Gasteiger partial charge is 0.416 e. The molecular weight excluding hydrogens is 369 g/mol. The summed E-state index contributed by atoms with van der Waals surface area (Å²) in [5.41, 5.74) is 1.67. The fourth-order valence-corrected chi connectivity index (χ4v) is 2.69. The topological polar surface area (TPSA) is 66.0 Å². The Hall–Kier alpha value is -3.34. The summed E-state index contributed by atoms with van der Waals surface area (Å²) in [6.07, 6.45) is -1.48. The van der Waals surface area contributed by atoms with E-state index in [9.17, 15) is 13.2 Å². The van der Waals surface area contributed by atoms with Gasteiger partial charge < -0.3 is 9.32 Å². The first-order valence-electron chi connectivity index (χ1n) is 8.54. The minimum Gasteiger partial charge on any atom is -0.421 e. The van der Waals surface area contributed by atoms with E-state index in [1.54, 1.807) is 7.05 Å². The molecule has 3 aromatic rings. The van der Waals surface area contributed by atoms with Crippen LogP contribution in [-0.4, -0.2) is 28.7 Å². The summed E-state index contributed by atoms with van der Waals surface area (Å²) in [6, 6.07) is 12.5. The number of hydrogen-bond acceptors (Lipinski definition) is 5. The van der Waals surface area contributed by atoms with Gasteiger partial charge in [0.15, 0.2) is 6.19 Å². The zero-order valence-corrected chi connectivity index (χ0v) is 15.1. The van der Waals surface area contributed by atoms with E-state index in [0.717, 1.165) is 28.8 Å².